The molecule has 1 N–H and O–H groups in total. The Bertz CT molecular complexity index is 1680. The third-order valence-electron chi connectivity index (χ3n) is 9.19. The van der Waals surface area contributed by atoms with Gasteiger partial charge in [-0.3, -0.25) is 4.79 Å². The van der Waals surface area contributed by atoms with Crippen molar-refractivity contribution in [3.8, 4) is 0 Å². The maximum Gasteiger partial charge on any atom is 0.305 e. The van der Waals surface area contributed by atoms with Crippen LogP contribution in [0, 0.1) is 11.8 Å². The van der Waals surface area contributed by atoms with E-state index in [-0.39, 0.29) is 17.8 Å². The summed E-state index contributed by atoms with van der Waals surface area (Å²) in [7, 11) is 1.45. The van der Waals surface area contributed by atoms with Crippen molar-refractivity contribution < 1.29 is 9.53 Å². The molecule has 0 amide bonds. The number of nitrogens with one attached hydrogen (secondary N) is 1. The first-order valence-electron chi connectivity index (χ1n) is 14.3. The molecule has 8 bridgehead atoms. The number of fused-ring (bicyclic) bond motifs is 5. The van der Waals surface area contributed by atoms with E-state index in [9.17, 15) is 4.79 Å². The van der Waals surface area contributed by atoms with Gasteiger partial charge < -0.3 is 10.1 Å². The van der Waals surface area contributed by atoms with Gasteiger partial charge in [0, 0.05) is 52.8 Å². The fourth-order valence-corrected chi connectivity index (χ4v) is 7.19. The smallest absolute Gasteiger partial charge is 0.305 e. The minimum Gasteiger partial charge on any atom is -0.469 e. The standard InChI is InChI=1S/C34H36N4O2S/c1-8-20-16(3)24-13-26-18(5)22(10-11-31(39)40-7)33(37-26)23-12-30(41)32-19(6)27(38-34(23)32)15-29-21(9-2)17(4)25(36-29)14-28(20)35-24/h8,13-15,18,22,37,41H,1,9-12H2,2-7H3/t18-,22-/m0/s1. The van der Waals surface area contributed by atoms with Gasteiger partial charge in [0.25, 0.3) is 0 Å². The summed E-state index contributed by atoms with van der Waals surface area (Å²) < 4.78 is 5.00. The highest BCUT2D eigenvalue weighted by atomic mass is 32.1. The van der Waals surface area contributed by atoms with Crippen molar-refractivity contribution in [1.29, 1.82) is 0 Å². The van der Waals surface area contributed by atoms with Crippen LogP contribution in [0.2, 0.25) is 0 Å². The Morgan fingerprint density at radius 2 is 1.83 bits per heavy atom. The van der Waals surface area contributed by atoms with E-state index < -0.39 is 0 Å². The molecule has 7 heteroatoms. The molecule has 0 radical (unpaired) electrons. The molecule has 0 unspecified atom stereocenters. The number of ether oxygens (including phenoxy) is 1. The lowest BCUT2D eigenvalue weighted by molar-refractivity contribution is -0.140. The maximum atomic E-state index is 12.2. The molecular formula is C34H36N4O2S. The Hall–Kier alpha value is -3.71. The molecule has 41 heavy (non-hydrogen) atoms. The van der Waals surface area contributed by atoms with Crippen LogP contribution in [0.3, 0.4) is 0 Å². The second-order valence-corrected chi connectivity index (χ2v) is 11.9. The molecule has 0 aromatic carbocycles. The Morgan fingerprint density at radius 3 is 2.54 bits per heavy atom. The maximum absolute atomic E-state index is 12.2. The van der Waals surface area contributed by atoms with Crippen LogP contribution in [-0.4, -0.2) is 30.2 Å². The molecule has 0 aromatic rings. The SMILES string of the molecule is C=CC1=C(C)C2=NC1=CC1=NC(=CC3=C(C)C4=C(S)CC(=C5NC(=C2)[C@@H](C)[C@@H]5CCC(=O)OC)C4=N3)C(CC)=C1C. The number of aliphatic imine (C=N–C) groups is 3. The lowest BCUT2D eigenvalue weighted by atomic mass is 9.86. The molecule has 1 saturated heterocycles. The molecule has 210 valence electrons. The van der Waals surface area contributed by atoms with Crippen LogP contribution in [0.25, 0.3) is 0 Å². The Balaban J connectivity index is 1.60. The van der Waals surface area contributed by atoms with Gasteiger partial charge in [-0.15, -0.1) is 12.6 Å². The lowest BCUT2D eigenvalue weighted by Crippen LogP contribution is -2.16. The Morgan fingerprint density at radius 1 is 1.10 bits per heavy atom. The number of carbonyl (C=O) groups excluding carboxylic acids is 1. The average Bonchev–Trinajstić information content (AvgIpc) is 3.70. The zero-order valence-corrected chi connectivity index (χ0v) is 25.5. The molecule has 2 atom stereocenters. The van der Waals surface area contributed by atoms with E-state index >= 15 is 0 Å². The normalized spacial score (nSPS) is 25.0. The van der Waals surface area contributed by atoms with Gasteiger partial charge in [-0.25, -0.2) is 15.0 Å². The second-order valence-electron chi connectivity index (χ2n) is 11.3. The summed E-state index contributed by atoms with van der Waals surface area (Å²) >= 11 is 4.95. The fraction of sp³-hybridized carbons (Fsp3) is 0.353. The number of carbonyl (C=O) groups is 1. The van der Waals surface area contributed by atoms with Crippen LogP contribution in [-0.2, 0) is 9.53 Å². The minimum atomic E-state index is -0.196. The first-order chi connectivity index (χ1) is 19.7. The van der Waals surface area contributed by atoms with Crippen molar-refractivity contribution in [2.24, 2.45) is 26.8 Å². The molecule has 6 nitrogen and oxygen atoms in total. The number of allylic oxidation sites excluding steroid dienone is 13. The quantitative estimate of drug-likeness (QED) is 0.275. The van der Waals surface area contributed by atoms with Gasteiger partial charge in [0.05, 0.1) is 41.3 Å². The van der Waals surface area contributed by atoms with Gasteiger partial charge in [-0.05, 0) is 79.0 Å². The highest BCUT2D eigenvalue weighted by molar-refractivity contribution is 7.84. The van der Waals surface area contributed by atoms with Crippen LogP contribution in [0.15, 0.2) is 118 Å². The molecule has 0 saturated carbocycles. The van der Waals surface area contributed by atoms with Crippen LogP contribution >= 0.6 is 12.6 Å². The Labute approximate surface area is 247 Å². The molecule has 1 aliphatic carbocycles. The van der Waals surface area contributed by atoms with Gasteiger partial charge in [0.2, 0.25) is 0 Å². The van der Waals surface area contributed by atoms with Crippen molar-refractivity contribution >= 4 is 35.7 Å². The number of thiol groups is 1. The molecular weight excluding hydrogens is 528 g/mol. The van der Waals surface area contributed by atoms with Crippen LogP contribution in [0.5, 0.6) is 0 Å². The molecule has 5 heterocycles. The van der Waals surface area contributed by atoms with Crippen molar-refractivity contribution in [1.82, 2.24) is 5.32 Å². The summed E-state index contributed by atoms with van der Waals surface area (Å²) in [6, 6.07) is 0. The van der Waals surface area contributed by atoms with Crippen LogP contribution in [0.4, 0.5) is 0 Å². The van der Waals surface area contributed by atoms with E-state index in [0.29, 0.717) is 19.3 Å². The van der Waals surface area contributed by atoms with E-state index in [0.717, 1.165) is 84.8 Å². The zero-order valence-electron chi connectivity index (χ0n) is 24.6. The van der Waals surface area contributed by atoms with E-state index in [1.54, 1.807) is 0 Å². The van der Waals surface area contributed by atoms with Crippen molar-refractivity contribution in [3.05, 3.63) is 103 Å². The number of methoxy groups -OCH3 is 1. The highest BCUT2D eigenvalue weighted by Gasteiger charge is 2.40. The summed E-state index contributed by atoms with van der Waals surface area (Å²) in [5.41, 5.74) is 15.7. The average molecular weight is 565 g/mol. The summed E-state index contributed by atoms with van der Waals surface area (Å²) in [4.78, 5) is 28.6. The van der Waals surface area contributed by atoms with E-state index in [1.807, 2.05) is 6.08 Å². The van der Waals surface area contributed by atoms with Gasteiger partial charge in [0.15, 0.2) is 0 Å². The third kappa shape index (κ3) is 4.33. The predicted octanol–water partition coefficient (Wildman–Crippen LogP) is 7.17. The van der Waals surface area contributed by atoms with E-state index in [1.165, 1.54) is 18.3 Å². The minimum absolute atomic E-state index is 0.107. The summed E-state index contributed by atoms with van der Waals surface area (Å²) in [5.74, 6) is 0.0603. The molecule has 1 fully saturated rings. The fourth-order valence-electron chi connectivity index (χ4n) is 6.76. The van der Waals surface area contributed by atoms with Gasteiger partial charge in [-0.2, -0.15) is 0 Å². The first kappa shape index (κ1) is 27.5. The van der Waals surface area contributed by atoms with Crippen LogP contribution in [0.1, 0.15) is 60.3 Å². The molecule has 6 aliphatic rings. The number of hydrogen-bond acceptors (Lipinski definition) is 7. The lowest BCUT2D eigenvalue weighted by Gasteiger charge is -2.17. The topological polar surface area (TPSA) is 75.4 Å². The Kier molecular flexibility index (Phi) is 6.89. The predicted molar refractivity (Wildman–Crippen MR) is 170 cm³/mol. The zero-order chi connectivity index (χ0) is 29.2. The largest absolute Gasteiger partial charge is 0.469 e. The molecule has 0 spiro atoms. The monoisotopic (exact) mass is 564 g/mol. The van der Waals surface area contributed by atoms with Gasteiger partial charge in [0.1, 0.15) is 0 Å². The first-order valence-corrected chi connectivity index (χ1v) is 14.8. The summed E-state index contributed by atoms with van der Waals surface area (Å²) in [6.07, 6.45) is 10.9. The molecule has 0 aromatic heterocycles. The van der Waals surface area contributed by atoms with Crippen molar-refractivity contribution in [2.45, 2.75) is 60.3 Å². The van der Waals surface area contributed by atoms with Crippen molar-refractivity contribution in [3.63, 3.8) is 0 Å². The van der Waals surface area contributed by atoms with Gasteiger partial charge in [-0.1, -0.05) is 26.5 Å². The van der Waals surface area contributed by atoms with E-state index in [2.05, 4.69) is 64.7 Å². The molecule has 5 aliphatic heterocycles. The van der Waals surface area contributed by atoms with Crippen LogP contribution < -0.4 is 5.32 Å². The number of esters is 1. The van der Waals surface area contributed by atoms with Gasteiger partial charge >= 0.3 is 5.97 Å². The highest BCUT2D eigenvalue weighted by Crippen LogP contribution is 2.47. The molecule has 6 rings (SSSR count). The van der Waals surface area contributed by atoms with Crippen molar-refractivity contribution in [2.75, 3.05) is 7.11 Å². The number of nitrogens with zero attached hydrogens (tertiary/aromatic N) is 3. The number of rotatable bonds is 5. The third-order valence-corrected chi connectivity index (χ3v) is 9.57. The summed E-state index contributed by atoms with van der Waals surface area (Å²) in [5, 5.41) is 3.78. The summed E-state index contributed by atoms with van der Waals surface area (Å²) in [6.45, 7) is 14.9. The second kappa shape index (κ2) is 10.3. The number of hydrogen-bond donors (Lipinski definition) is 2. The van der Waals surface area contributed by atoms with E-state index in [4.69, 9.17) is 32.3 Å².